The molecule has 1 saturated heterocycles. The van der Waals surface area contributed by atoms with Gasteiger partial charge >= 0.3 is 0 Å². The molecule has 1 spiro atoms. The Morgan fingerprint density at radius 2 is 2.33 bits per heavy atom. The second-order valence-electron chi connectivity index (χ2n) is 5.31. The molecule has 0 saturated carbocycles. The number of benzene rings is 1. The fraction of sp³-hybridized carbons (Fsp3) is 0.600. The van der Waals surface area contributed by atoms with Crippen molar-refractivity contribution in [2.75, 3.05) is 13.7 Å². The van der Waals surface area contributed by atoms with Crippen LogP contribution in [0.4, 0.5) is 0 Å². The third kappa shape index (κ3) is 2.02. The molecule has 98 valence electrons. The van der Waals surface area contributed by atoms with Crippen molar-refractivity contribution in [1.29, 1.82) is 0 Å². The molecule has 1 fully saturated rings. The molecular formula is C15H19ClO2. The van der Waals surface area contributed by atoms with Crippen LogP contribution in [-0.2, 0) is 16.8 Å². The van der Waals surface area contributed by atoms with E-state index in [9.17, 15) is 0 Å². The topological polar surface area (TPSA) is 18.5 Å². The Hall–Kier alpha value is -0.730. The first-order chi connectivity index (χ1) is 8.73. The van der Waals surface area contributed by atoms with E-state index >= 15 is 0 Å². The number of hydrogen-bond acceptors (Lipinski definition) is 2. The molecule has 1 aliphatic carbocycles. The van der Waals surface area contributed by atoms with Gasteiger partial charge in [0.1, 0.15) is 5.75 Å². The third-order valence-electron chi connectivity index (χ3n) is 4.20. The van der Waals surface area contributed by atoms with Gasteiger partial charge in [-0.25, -0.2) is 0 Å². The van der Waals surface area contributed by atoms with Gasteiger partial charge in [-0.2, -0.15) is 0 Å². The van der Waals surface area contributed by atoms with Crippen molar-refractivity contribution in [3.05, 3.63) is 29.3 Å². The molecule has 2 nitrogen and oxygen atoms in total. The Labute approximate surface area is 113 Å². The van der Waals surface area contributed by atoms with Crippen LogP contribution in [0.2, 0.25) is 0 Å². The van der Waals surface area contributed by atoms with Gasteiger partial charge in [0.2, 0.25) is 0 Å². The standard InChI is InChI=1S/C15H19ClO2/c1-17-13-5-4-11-3-2-7-15(14(11)9-13)10-12(16)6-8-18-15/h4-5,9,12H,2-3,6-8,10H2,1H3. The van der Waals surface area contributed by atoms with E-state index in [1.54, 1.807) is 7.11 Å². The molecule has 2 aliphatic rings. The van der Waals surface area contributed by atoms with Crippen molar-refractivity contribution in [3.63, 3.8) is 0 Å². The van der Waals surface area contributed by atoms with Crippen LogP contribution >= 0.6 is 11.6 Å². The van der Waals surface area contributed by atoms with E-state index in [2.05, 4.69) is 12.1 Å². The molecule has 18 heavy (non-hydrogen) atoms. The lowest BCUT2D eigenvalue weighted by molar-refractivity contribution is -0.0929. The second-order valence-corrected chi connectivity index (χ2v) is 5.93. The summed E-state index contributed by atoms with van der Waals surface area (Å²) in [4.78, 5) is 0. The molecule has 1 aliphatic heterocycles. The van der Waals surface area contributed by atoms with Crippen LogP contribution in [0.1, 0.15) is 36.8 Å². The summed E-state index contributed by atoms with van der Waals surface area (Å²) in [6.45, 7) is 0.769. The zero-order valence-corrected chi connectivity index (χ0v) is 11.5. The number of aryl methyl sites for hydroxylation is 1. The SMILES string of the molecule is COc1ccc2c(c1)C1(CCC2)CC(Cl)CCO1. The summed E-state index contributed by atoms with van der Waals surface area (Å²) in [7, 11) is 1.71. The summed E-state index contributed by atoms with van der Waals surface area (Å²) in [5.74, 6) is 0.912. The van der Waals surface area contributed by atoms with E-state index in [1.165, 1.54) is 17.5 Å². The van der Waals surface area contributed by atoms with E-state index in [0.717, 1.165) is 38.0 Å². The highest BCUT2D eigenvalue weighted by molar-refractivity contribution is 6.20. The first-order valence-electron chi connectivity index (χ1n) is 6.69. The summed E-state index contributed by atoms with van der Waals surface area (Å²) >= 11 is 6.37. The Balaban J connectivity index is 2.04. The van der Waals surface area contributed by atoms with Gasteiger partial charge in [-0.1, -0.05) is 6.07 Å². The molecular weight excluding hydrogens is 248 g/mol. The van der Waals surface area contributed by atoms with Crippen molar-refractivity contribution >= 4 is 11.6 Å². The van der Waals surface area contributed by atoms with Gasteiger partial charge in [0.05, 0.1) is 12.7 Å². The minimum Gasteiger partial charge on any atom is -0.497 e. The van der Waals surface area contributed by atoms with Gasteiger partial charge in [-0.05, 0) is 55.4 Å². The van der Waals surface area contributed by atoms with Gasteiger partial charge in [0.25, 0.3) is 0 Å². The zero-order valence-electron chi connectivity index (χ0n) is 10.7. The van der Waals surface area contributed by atoms with Gasteiger partial charge in [-0.15, -0.1) is 11.6 Å². The van der Waals surface area contributed by atoms with E-state index in [-0.39, 0.29) is 11.0 Å². The predicted octanol–water partition coefficient (Wildman–Crippen LogP) is 3.64. The Bertz CT molecular complexity index is 446. The first kappa shape index (κ1) is 12.3. The lowest BCUT2D eigenvalue weighted by Crippen LogP contribution is -2.40. The highest BCUT2D eigenvalue weighted by Crippen LogP contribution is 2.46. The first-order valence-corrected chi connectivity index (χ1v) is 7.13. The molecule has 0 N–H and O–H groups in total. The normalized spacial score (nSPS) is 31.1. The van der Waals surface area contributed by atoms with Crippen molar-refractivity contribution in [1.82, 2.24) is 0 Å². The maximum atomic E-state index is 6.37. The number of fused-ring (bicyclic) bond motifs is 2. The molecule has 1 heterocycles. The Morgan fingerprint density at radius 3 is 3.11 bits per heavy atom. The number of halogens is 1. The minimum absolute atomic E-state index is 0.160. The lowest BCUT2D eigenvalue weighted by Gasteiger charge is -2.43. The van der Waals surface area contributed by atoms with Gasteiger partial charge in [-0.3, -0.25) is 0 Å². The summed E-state index contributed by atoms with van der Waals surface area (Å²) in [6, 6.07) is 6.36. The Morgan fingerprint density at radius 1 is 1.44 bits per heavy atom. The van der Waals surface area contributed by atoms with E-state index < -0.39 is 0 Å². The number of alkyl halides is 1. The van der Waals surface area contributed by atoms with Gasteiger partial charge in [0, 0.05) is 12.0 Å². The molecule has 0 radical (unpaired) electrons. The van der Waals surface area contributed by atoms with E-state index in [4.69, 9.17) is 21.1 Å². The van der Waals surface area contributed by atoms with Crippen LogP contribution in [0.3, 0.4) is 0 Å². The van der Waals surface area contributed by atoms with Crippen molar-refractivity contribution in [3.8, 4) is 5.75 Å². The number of hydrogen-bond donors (Lipinski definition) is 0. The third-order valence-corrected chi connectivity index (χ3v) is 4.57. The van der Waals surface area contributed by atoms with Crippen LogP contribution in [0.5, 0.6) is 5.75 Å². The van der Waals surface area contributed by atoms with Crippen LogP contribution in [-0.4, -0.2) is 19.1 Å². The number of methoxy groups -OCH3 is 1. The fourth-order valence-electron chi connectivity index (χ4n) is 3.29. The molecule has 2 unspecified atom stereocenters. The van der Waals surface area contributed by atoms with E-state index in [0.29, 0.717) is 0 Å². The molecule has 3 heteroatoms. The zero-order chi connectivity index (χ0) is 12.6. The smallest absolute Gasteiger partial charge is 0.119 e. The molecule has 0 amide bonds. The summed E-state index contributed by atoms with van der Waals surface area (Å²) < 4.78 is 11.5. The summed E-state index contributed by atoms with van der Waals surface area (Å²) in [5, 5.41) is 0.232. The average Bonchev–Trinajstić information content (AvgIpc) is 2.39. The Kier molecular flexibility index (Phi) is 3.25. The maximum Gasteiger partial charge on any atom is 0.119 e. The van der Waals surface area contributed by atoms with Crippen molar-refractivity contribution in [2.45, 2.75) is 43.1 Å². The highest BCUT2D eigenvalue weighted by atomic mass is 35.5. The summed E-state index contributed by atoms with van der Waals surface area (Å²) in [6.07, 6.45) is 5.29. The largest absolute Gasteiger partial charge is 0.497 e. The van der Waals surface area contributed by atoms with Crippen molar-refractivity contribution < 1.29 is 9.47 Å². The quantitative estimate of drug-likeness (QED) is 0.723. The van der Waals surface area contributed by atoms with Gasteiger partial charge < -0.3 is 9.47 Å². The van der Waals surface area contributed by atoms with E-state index in [1.807, 2.05) is 6.07 Å². The predicted molar refractivity (Wildman–Crippen MR) is 72.4 cm³/mol. The average molecular weight is 267 g/mol. The molecule has 0 aromatic heterocycles. The van der Waals surface area contributed by atoms with Crippen LogP contribution in [0.15, 0.2) is 18.2 Å². The van der Waals surface area contributed by atoms with Crippen molar-refractivity contribution in [2.24, 2.45) is 0 Å². The van der Waals surface area contributed by atoms with Gasteiger partial charge in [0.15, 0.2) is 0 Å². The number of rotatable bonds is 1. The van der Waals surface area contributed by atoms with Crippen LogP contribution in [0, 0.1) is 0 Å². The summed E-state index contributed by atoms with van der Waals surface area (Å²) in [5.41, 5.74) is 2.54. The number of ether oxygens (including phenoxy) is 2. The fourth-order valence-corrected chi connectivity index (χ4v) is 3.62. The molecule has 1 aromatic carbocycles. The monoisotopic (exact) mass is 266 g/mol. The van der Waals surface area contributed by atoms with Crippen LogP contribution in [0.25, 0.3) is 0 Å². The maximum absolute atomic E-state index is 6.37. The molecule has 0 bridgehead atoms. The molecule has 3 rings (SSSR count). The highest BCUT2D eigenvalue weighted by Gasteiger charge is 2.41. The van der Waals surface area contributed by atoms with Crippen LogP contribution < -0.4 is 4.74 Å². The lowest BCUT2D eigenvalue weighted by atomic mass is 9.75. The minimum atomic E-state index is -0.160. The second kappa shape index (κ2) is 4.75. The molecule has 2 atom stereocenters. The molecule has 1 aromatic rings.